The molecule has 1 atom stereocenters. The van der Waals surface area contributed by atoms with Crippen molar-refractivity contribution < 1.29 is 0 Å². The monoisotopic (exact) mass is 298 g/mol. The Kier molecular flexibility index (Phi) is 11.4. The van der Waals surface area contributed by atoms with Crippen molar-refractivity contribution in [3.8, 4) is 0 Å². The Balaban J connectivity index is 4.60. The number of hydrogen-bond acceptors (Lipinski definition) is 2. The summed E-state index contributed by atoms with van der Waals surface area (Å²) >= 11 is 0. The topological polar surface area (TPSA) is 15.3 Å². The van der Waals surface area contributed by atoms with Gasteiger partial charge in [0.25, 0.3) is 0 Å². The van der Waals surface area contributed by atoms with Gasteiger partial charge in [-0.3, -0.25) is 0 Å². The predicted octanol–water partition coefficient (Wildman–Crippen LogP) is 4.80. The molecular formula is C19H42N2. The number of hydrogen-bond donors (Lipinski definition) is 1. The first-order valence-electron chi connectivity index (χ1n) is 9.26. The molecule has 2 heteroatoms. The maximum Gasteiger partial charge on any atom is 0.00475 e. The van der Waals surface area contributed by atoms with Crippen molar-refractivity contribution in [2.75, 3.05) is 32.7 Å². The lowest BCUT2D eigenvalue weighted by Gasteiger charge is -2.36. The molecule has 21 heavy (non-hydrogen) atoms. The second-order valence-electron chi connectivity index (χ2n) is 7.98. The van der Waals surface area contributed by atoms with Crippen molar-refractivity contribution in [2.24, 2.45) is 17.3 Å². The van der Waals surface area contributed by atoms with Gasteiger partial charge in [-0.1, -0.05) is 54.9 Å². The molecule has 0 spiro atoms. The van der Waals surface area contributed by atoms with E-state index in [1.165, 1.54) is 45.3 Å². The van der Waals surface area contributed by atoms with E-state index in [0.717, 1.165) is 24.9 Å². The summed E-state index contributed by atoms with van der Waals surface area (Å²) in [5, 5.41) is 3.58. The largest absolute Gasteiger partial charge is 0.316 e. The molecule has 0 bridgehead atoms. The van der Waals surface area contributed by atoms with Gasteiger partial charge in [0.2, 0.25) is 0 Å². The molecule has 1 N–H and O–H groups in total. The van der Waals surface area contributed by atoms with Gasteiger partial charge in [0.1, 0.15) is 0 Å². The van der Waals surface area contributed by atoms with Gasteiger partial charge < -0.3 is 10.2 Å². The van der Waals surface area contributed by atoms with Crippen LogP contribution in [0.4, 0.5) is 0 Å². The molecule has 128 valence electrons. The Bertz CT molecular complexity index is 226. The molecule has 0 saturated heterocycles. The fourth-order valence-corrected chi connectivity index (χ4v) is 2.94. The summed E-state index contributed by atoms with van der Waals surface area (Å²) in [5.74, 6) is 1.61. The van der Waals surface area contributed by atoms with Crippen LogP contribution < -0.4 is 5.32 Å². The Labute approximate surface area is 135 Å². The molecule has 0 rings (SSSR count). The van der Waals surface area contributed by atoms with E-state index >= 15 is 0 Å². The lowest BCUT2D eigenvalue weighted by Crippen LogP contribution is -2.43. The third-order valence-electron chi connectivity index (χ3n) is 4.31. The minimum absolute atomic E-state index is 0.415. The summed E-state index contributed by atoms with van der Waals surface area (Å²) in [7, 11) is 0. The zero-order chi connectivity index (χ0) is 16.3. The number of nitrogens with zero attached hydrogens (tertiary/aromatic N) is 1. The quantitative estimate of drug-likeness (QED) is 0.525. The van der Waals surface area contributed by atoms with Crippen LogP contribution in [0.15, 0.2) is 0 Å². The second kappa shape index (κ2) is 11.5. The lowest BCUT2D eigenvalue weighted by molar-refractivity contribution is 0.139. The Morgan fingerprint density at radius 2 is 1.48 bits per heavy atom. The SMILES string of the molecule is CCCC(C)(CNCC)CN(CCC(C)C)CCC(C)C. The molecule has 0 fully saturated rings. The second-order valence-corrected chi connectivity index (χ2v) is 7.98. The summed E-state index contributed by atoms with van der Waals surface area (Å²) in [4.78, 5) is 2.73. The first-order chi connectivity index (χ1) is 9.83. The summed E-state index contributed by atoms with van der Waals surface area (Å²) in [6.07, 6.45) is 5.24. The van der Waals surface area contributed by atoms with Crippen molar-refractivity contribution in [1.29, 1.82) is 0 Å². The molecule has 0 saturated carbocycles. The van der Waals surface area contributed by atoms with E-state index < -0.39 is 0 Å². The van der Waals surface area contributed by atoms with Crippen LogP contribution in [0.5, 0.6) is 0 Å². The Hall–Kier alpha value is -0.0800. The first-order valence-corrected chi connectivity index (χ1v) is 9.26. The van der Waals surface area contributed by atoms with E-state index in [9.17, 15) is 0 Å². The zero-order valence-electron chi connectivity index (χ0n) is 16.0. The highest BCUT2D eigenvalue weighted by Crippen LogP contribution is 2.25. The van der Waals surface area contributed by atoms with Gasteiger partial charge in [0, 0.05) is 13.1 Å². The highest BCUT2D eigenvalue weighted by molar-refractivity contribution is 4.81. The van der Waals surface area contributed by atoms with Crippen molar-refractivity contribution >= 4 is 0 Å². The Morgan fingerprint density at radius 3 is 1.86 bits per heavy atom. The minimum Gasteiger partial charge on any atom is -0.316 e. The third kappa shape index (κ3) is 11.2. The fraction of sp³-hybridized carbons (Fsp3) is 1.00. The Morgan fingerprint density at radius 1 is 0.952 bits per heavy atom. The standard InChI is InChI=1S/C19H42N2/c1-8-12-19(7,15-20-9-2)16-21(13-10-17(3)4)14-11-18(5)6/h17-18,20H,8-16H2,1-7H3. The summed E-state index contributed by atoms with van der Waals surface area (Å²) in [6, 6.07) is 0. The summed E-state index contributed by atoms with van der Waals surface area (Å²) < 4.78 is 0. The molecule has 0 radical (unpaired) electrons. The van der Waals surface area contributed by atoms with Crippen molar-refractivity contribution in [3.05, 3.63) is 0 Å². The van der Waals surface area contributed by atoms with E-state index in [-0.39, 0.29) is 0 Å². The van der Waals surface area contributed by atoms with Crippen LogP contribution in [-0.4, -0.2) is 37.6 Å². The van der Waals surface area contributed by atoms with Crippen LogP contribution in [0.25, 0.3) is 0 Å². The van der Waals surface area contributed by atoms with Crippen molar-refractivity contribution in [2.45, 2.75) is 74.1 Å². The van der Waals surface area contributed by atoms with Gasteiger partial charge >= 0.3 is 0 Å². The van der Waals surface area contributed by atoms with Crippen molar-refractivity contribution in [3.63, 3.8) is 0 Å². The molecule has 0 aromatic rings. The smallest absolute Gasteiger partial charge is 0.00475 e. The number of rotatable bonds is 13. The van der Waals surface area contributed by atoms with Gasteiger partial charge in [-0.25, -0.2) is 0 Å². The maximum atomic E-state index is 3.58. The van der Waals surface area contributed by atoms with Gasteiger partial charge in [-0.15, -0.1) is 0 Å². The lowest BCUT2D eigenvalue weighted by atomic mass is 9.84. The highest BCUT2D eigenvalue weighted by atomic mass is 15.1. The third-order valence-corrected chi connectivity index (χ3v) is 4.31. The highest BCUT2D eigenvalue weighted by Gasteiger charge is 2.26. The van der Waals surface area contributed by atoms with Gasteiger partial charge in [-0.2, -0.15) is 0 Å². The molecule has 0 aliphatic rings. The number of nitrogens with one attached hydrogen (secondary N) is 1. The van der Waals surface area contributed by atoms with E-state index in [2.05, 4.69) is 58.7 Å². The molecule has 2 nitrogen and oxygen atoms in total. The molecule has 0 aliphatic carbocycles. The average Bonchev–Trinajstić information content (AvgIpc) is 2.39. The van der Waals surface area contributed by atoms with Gasteiger partial charge in [0.05, 0.1) is 0 Å². The van der Waals surface area contributed by atoms with Crippen LogP contribution >= 0.6 is 0 Å². The minimum atomic E-state index is 0.415. The predicted molar refractivity (Wildman–Crippen MR) is 96.9 cm³/mol. The van der Waals surface area contributed by atoms with E-state index in [0.29, 0.717) is 5.41 Å². The van der Waals surface area contributed by atoms with E-state index in [1.807, 2.05) is 0 Å². The van der Waals surface area contributed by atoms with Crippen LogP contribution in [0.1, 0.15) is 74.1 Å². The summed E-state index contributed by atoms with van der Waals surface area (Å²) in [6.45, 7) is 22.3. The van der Waals surface area contributed by atoms with Gasteiger partial charge in [-0.05, 0) is 56.1 Å². The van der Waals surface area contributed by atoms with Crippen LogP contribution in [0.2, 0.25) is 0 Å². The fourth-order valence-electron chi connectivity index (χ4n) is 2.94. The molecule has 0 aromatic carbocycles. The molecule has 1 unspecified atom stereocenters. The zero-order valence-corrected chi connectivity index (χ0v) is 16.0. The normalized spacial score (nSPS) is 15.1. The molecule has 0 aliphatic heterocycles. The van der Waals surface area contributed by atoms with Crippen LogP contribution in [-0.2, 0) is 0 Å². The van der Waals surface area contributed by atoms with Crippen LogP contribution in [0.3, 0.4) is 0 Å². The van der Waals surface area contributed by atoms with E-state index in [4.69, 9.17) is 0 Å². The molecular weight excluding hydrogens is 256 g/mol. The molecule has 0 aromatic heterocycles. The van der Waals surface area contributed by atoms with Crippen molar-refractivity contribution in [1.82, 2.24) is 10.2 Å². The van der Waals surface area contributed by atoms with Crippen LogP contribution in [0, 0.1) is 17.3 Å². The average molecular weight is 299 g/mol. The molecule has 0 amide bonds. The van der Waals surface area contributed by atoms with Gasteiger partial charge in [0.15, 0.2) is 0 Å². The summed E-state index contributed by atoms with van der Waals surface area (Å²) in [5.41, 5.74) is 0.415. The molecule has 0 heterocycles. The first kappa shape index (κ1) is 20.9. The van der Waals surface area contributed by atoms with E-state index in [1.54, 1.807) is 0 Å². The maximum absolute atomic E-state index is 3.58.